The lowest BCUT2D eigenvalue weighted by atomic mass is 10.2. The third kappa shape index (κ3) is 3.14. The van der Waals surface area contributed by atoms with Crippen molar-refractivity contribution >= 4 is 45.6 Å². The van der Waals surface area contributed by atoms with Gasteiger partial charge in [-0.15, -0.1) is 11.3 Å². The Labute approximate surface area is 160 Å². The maximum atomic E-state index is 4.93. The molecule has 0 aliphatic carbocycles. The summed E-state index contributed by atoms with van der Waals surface area (Å²) in [5.74, 6) is 0. The molecule has 0 fully saturated rings. The van der Waals surface area contributed by atoms with E-state index in [9.17, 15) is 0 Å². The standard InChI is InChI=1S/C24H16N2S/c1-3-9-17(10-4-1)15-21-23-24(26-20-14-8-7-13-19(20)25-23)22(27-21)16-18-11-5-2-6-12-18/h1-16H. The molecule has 2 heterocycles. The number of benzene rings is 3. The Kier molecular flexibility index (Phi) is 4.00. The zero-order valence-corrected chi connectivity index (χ0v) is 15.4. The highest BCUT2D eigenvalue weighted by molar-refractivity contribution is 7.09. The maximum absolute atomic E-state index is 4.93. The van der Waals surface area contributed by atoms with Gasteiger partial charge >= 0.3 is 0 Å². The van der Waals surface area contributed by atoms with Crippen LogP contribution in [0.1, 0.15) is 11.1 Å². The fraction of sp³-hybridized carbons (Fsp3) is 0. The molecule has 0 saturated heterocycles. The number of thiophene rings is 1. The highest BCUT2D eigenvalue weighted by Crippen LogP contribution is 2.14. The molecular weight excluding hydrogens is 348 g/mol. The predicted molar refractivity (Wildman–Crippen MR) is 114 cm³/mol. The maximum Gasteiger partial charge on any atom is 0.108 e. The molecule has 0 atom stereocenters. The van der Waals surface area contributed by atoms with Crippen molar-refractivity contribution in [1.29, 1.82) is 0 Å². The zero-order valence-electron chi connectivity index (χ0n) is 14.5. The van der Waals surface area contributed by atoms with Gasteiger partial charge in [0.15, 0.2) is 0 Å². The first-order valence-electron chi connectivity index (χ1n) is 8.86. The van der Waals surface area contributed by atoms with Crippen molar-refractivity contribution in [2.75, 3.05) is 0 Å². The SMILES string of the molecule is C(c1ccccc1)=c1sc(=Cc2ccccc2)c2nc3ccccc3nc12. The number of fused-ring (bicyclic) bond motifs is 2. The minimum absolute atomic E-state index is 0.928. The molecule has 2 aromatic heterocycles. The smallest absolute Gasteiger partial charge is 0.108 e. The number of hydrogen-bond donors (Lipinski definition) is 0. The monoisotopic (exact) mass is 364 g/mol. The van der Waals surface area contributed by atoms with Gasteiger partial charge in [-0.2, -0.15) is 0 Å². The van der Waals surface area contributed by atoms with E-state index < -0.39 is 0 Å². The molecule has 0 saturated carbocycles. The summed E-state index contributed by atoms with van der Waals surface area (Å²) in [4.78, 5) is 9.87. The summed E-state index contributed by atoms with van der Waals surface area (Å²) in [6.45, 7) is 0. The lowest BCUT2D eigenvalue weighted by Gasteiger charge is -1.97. The van der Waals surface area contributed by atoms with Gasteiger partial charge < -0.3 is 0 Å². The van der Waals surface area contributed by atoms with E-state index in [0.717, 1.165) is 31.1 Å². The molecule has 0 spiro atoms. The van der Waals surface area contributed by atoms with Gasteiger partial charge in [0.25, 0.3) is 0 Å². The molecule has 0 amide bonds. The minimum Gasteiger partial charge on any atom is -0.243 e. The van der Waals surface area contributed by atoms with E-state index in [-0.39, 0.29) is 0 Å². The van der Waals surface area contributed by atoms with Crippen molar-refractivity contribution in [1.82, 2.24) is 9.97 Å². The van der Waals surface area contributed by atoms with E-state index in [0.29, 0.717) is 0 Å². The summed E-state index contributed by atoms with van der Waals surface area (Å²) in [6, 6.07) is 28.8. The van der Waals surface area contributed by atoms with Gasteiger partial charge in [-0.1, -0.05) is 72.8 Å². The minimum atomic E-state index is 0.928. The highest BCUT2D eigenvalue weighted by Gasteiger charge is 2.07. The molecule has 27 heavy (non-hydrogen) atoms. The van der Waals surface area contributed by atoms with E-state index in [4.69, 9.17) is 9.97 Å². The van der Waals surface area contributed by atoms with Crippen LogP contribution in [0.4, 0.5) is 0 Å². The first-order chi connectivity index (χ1) is 13.4. The third-order valence-electron chi connectivity index (χ3n) is 4.45. The van der Waals surface area contributed by atoms with Gasteiger partial charge in [0.1, 0.15) is 11.0 Å². The molecule has 0 aliphatic heterocycles. The second-order valence-electron chi connectivity index (χ2n) is 6.35. The van der Waals surface area contributed by atoms with Crippen LogP contribution in [0.3, 0.4) is 0 Å². The van der Waals surface area contributed by atoms with Crippen LogP contribution in [-0.2, 0) is 0 Å². The van der Waals surface area contributed by atoms with Crippen molar-refractivity contribution in [3.8, 4) is 0 Å². The molecule has 5 rings (SSSR count). The lowest BCUT2D eigenvalue weighted by molar-refractivity contribution is 1.40. The third-order valence-corrected chi connectivity index (χ3v) is 5.51. The van der Waals surface area contributed by atoms with Crippen LogP contribution in [-0.4, -0.2) is 9.97 Å². The Hall–Kier alpha value is -3.30. The van der Waals surface area contributed by atoms with E-state index in [1.54, 1.807) is 11.3 Å². The second kappa shape index (κ2) is 6.78. The molecule has 3 aromatic carbocycles. The van der Waals surface area contributed by atoms with Crippen molar-refractivity contribution in [3.05, 3.63) is 105 Å². The summed E-state index contributed by atoms with van der Waals surface area (Å²) < 4.78 is 2.27. The zero-order chi connectivity index (χ0) is 18.1. The average molecular weight is 364 g/mol. The van der Waals surface area contributed by atoms with E-state index in [2.05, 4.69) is 60.7 Å². The van der Waals surface area contributed by atoms with E-state index >= 15 is 0 Å². The summed E-state index contributed by atoms with van der Waals surface area (Å²) in [6.07, 6.45) is 4.39. The van der Waals surface area contributed by atoms with Gasteiger partial charge in [-0.3, -0.25) is 0 Å². The Bertz CT molecular complexity index is 1250. The fourth-order valence-corrected chi connectivity index (χ4v) is 4.26. The molecule has 2 nitrogen and oxygen atoms in total. The average Bonchev–Trinajstić information content (AvgIpc) is 3.04. The number of nitrogens with zero attached hydrogens (tertiary/aromatic N) is 2. The largest absolute Gasteiger partial charge is 0.243 e. The van der Waals surface area contributed by atoms with Gasteiger partial charge in [-0.25, -0.2) is 9.97 Å². The summed E-state index contributed by atoms with van der Waals surface area (Å²) in [5.41, 5.74) is 6.12. The summed E-state index contributed by atoms with van der Waals surface area (Å²) in [7, 11) is 0. The van der Waals surface area contributed by atoms with Crippen LogP contribution in [0, 0.1) is 0 Å². The number of rotatable bonds is 2. The van der Waals surface area contributed by atoms with Crippen LogP contribution >= 0.6 is 11.3 Å². The fourth-order valence-electron chi connectivity index (χ4n) is 3.16. The van der Waals surface area contributed by atoms with Crippen molar-refractivity contribution in [2.24, 2.45) is 0 Å². The van der Waals surface area contributed by atoms with Gasteiger partial charge in [0, 0.05) is 0 Å². The second-order valence-corrected chi connectivity index (χ2v) is 7.43. The Morgan fingerprint density at radius 3 is 1.37 bits per heavy atom. The highest BCUT2D eigenvalue weighted by atomic mass is 32.1. The van der Waals surface area contributed by atoms with Crippen LogP contribution in [0.15, 0.2) is 84.9 Å². The normalized spacial score (nSPS) is 12.9. The van der Waals surface area contributed by atoms with Crippen molar-refractivity contribution in [2.45, 2.75) is 0 Å². The van der Waals surface area contributed by atoms with Crippen LogP contribution < -0.4 is 9.06 Å². The molecule has 0 bridgehead atoms. The molecule has 0 aliphatic rings. The molecule has 0 radical (unpaired) electrons. The van der Waals surface area contributed by atoms with Gasteiger partial charge in [-0.05, 0) is 35.4 Å². The number of aromatic nitrogens is 2. The summed E-state index contributed by atoms with van der Waals surface area (Å²) in [5, 5.41) is 0. The topological polar surface area (TPSA) is 25.8 Å². The van der Waals surface area contributed by atoms with Crippen molar-refractivity contribution < 1.29 is 0 Å². The van der Waals surface area contributed by atoms with Crippen LogP contribution in [0.5, 0.6) is 0 Å². The molecule has 0 N–H and O–H groups in total. The Balaban J connectivity index is 1.86. The molecule has 5 aromatic rings. The first-order valence-corrected chi connectivity index (χ1v) is 9.67. The Morgan fingerprint density at radius 1 is 0.519 bits per heavy atom. The number of hydrogen-bond acceptors (Lipinski definition) is 3. The van der Waals surface area contributed by atoms with Gasteiger partial charge in [0.2, 0.25) is 0 Å². The molecule has 128 valence electrons. The predicted octanol–water partition coefficient (Wildman–Crippen LogP) is 4.50. The van der Waals surface area contributed by atoms with Crippen molar-refractivity contribution in [3.63, 3.8) is 0 Å². The van der Waals surface area contributed by atoms with E-state index in [1.165, 1.54) is 11.1 Å². The van der Waals surface area contributed by atoms with E-state index in [1.807, 2.05) is 36.4 Å². The van der Waals surface area contributed by atoms with Crippen LogP contribution in [0.25, 0.3) is 34.2 Å². The number of para-hydroxylation sites is 2. The molecule has 3 heteroatoms. The quantitative estimate of drug-likeness (QED) is 0.461. The van der Waals surface area contributed by atoms with Crippen LogP contribution in [0.2, 0.25) is 0 Å². The van der Waals surface area contributed by atoms with Gasteiger partial charge in [0.05, 0.1) is 20.1 Å². The Morgan fingerprint density at radius 2 is 0.926 bits per heavy atom. The lowest BCUT2D eigenvalue weighted by Crippen LogP contribution is -1.98. The summed E-state index contributed by atoms with van der Waals surface area (Å²) >= 11 is 1.74. The molecular formula is C24H16N2S. The first kappa shape index (κ1) is 15.9. The molecule has 0 unspecified atom stereocenters.